The van der Waals surface area contributed by atoms with E-state index in [0.717, 1.165) is 0 Å². The molecule has 0 saturated carbocycles. The summed E-state index contributed by atoms with van der Waals surface area (Å²) in [6, 6.07) is 1.56. The minimum atomic E-state index is -4.28. The third kappa shape index (κ3) is 3.49. The van der Waals surface area contributed by atoms with E-state index in [1.54, 1.807) is 13.0 Å². The Morgan fingerprint density at radius 3 is 2.50 bits per heavy atom. The van der Waals surface area contributed by atoms with Crippen LogP contribution in [-0.2, 0) is 12.3 Å². The largest absolute Gasteiger partial charge is 0.396 e. The van der Waals surface area contributed by atoms with Gasteiger partial charge in [-0.2, -0.15) is 13.2 Å². The molecule has 0 aliphatic carbocycles. The Balaban J connectivity index is 2.92. The monoisotopic (exact) mass is 224 g/mol. The van der Waals surface area contributed by atoms with Gasteiger partial charge in [0, 0.05) is 5.69 Å². The lowest BCUT2D eigenvalue weighted by molar-refractivity contribution is -0.128. The van der Waals surface area contributed by atoms with Gasteiger partial charge in [-0.15, -0.1) is 11.6 Å². The van der Waals surface area contributed by atoms with Crippen molar-refractivity contribution >= 4 is 11.6 Å². The van der Waals surface area contributed by atoms with Gasteiger partial charge in [0.05, 0.1) is 11.6 Å². The second-order valence-corrected chi connectivity index (χ2v) is 3.11. The molecule has 0 aliphatic heterocycles. The van der Waals surface area contributed by atoms with Crippen molar-refractivity contribution in [1.82, 2.24) is 9.97 Å². The number of aryl methyl sites for hydroxylation is 1. The fraction of sp³-hybridized carbons (Fsp3) is 0.500. The molecule has 2 nitrogen and oxygen atoms in total. The van der Waals surface area contributed by atoms with Crippen molar-refractivity contribution in [2.45, 2.75) is 25.4 Å². The smallest absolute Gasteiger partial charge is 0.238 e. The summed E-state index contributed by atoms with van der Waals surface area (Å²) < 4.78 is 36.0. The third-order valence-corrected chi connectivity index (χ3v) is 1.72. The Morgan fingerprint density at radius 1 is 1.36 bits per heavy atom. The zero-order chi connectivity index (χ0) is 10.8. The van der Waals surface area contributed by atoms with Gasteiger partial charge >= 0.3 is 6.18 Å². The maximum atomic E-state index is 12.0. The molecule has 0 amide bonds. The molecule has 0 bridgehead atoms. The first kappa shape index (κ1) is 11.2. The molecule has 0 atom stereocenters. The first-order valence-corrected chi connectivity index (χ1v) is 4.40. The van der Waals surface area contributed by atoms with Crippen molar-refractivity contribution in [3.05, 3.63) is 23.3 Å². The number of rotatable bonds is 2. The zero-order valence-electron chi connectivity index (χ0n) is 7.40. The van der Waals surface area contributed by atoms with Crippen LogP contribution in [0, 0.1) is 6.92 Å². The topological polar surface area (TPSA) is 25.8 Å². The molecular formula is C8H8ClF3N2. The van der Waals surface area contributed by atoms with Crippen molar-refractivity contribution < 1.29 is 13.2 Å². The van der Waals surface area contributed by atoms with Crippen LogP contribution in [0.5, 0.6) is 0 Å². The number of hydrogen-bond acceptors (Lipinski definition) is 2. The van der Waals surface area contributed by atoms with E-state index in [4.69, 9.17) is 11.6 Å². The molecule has 78 valence electrons. The van der Waals surface area contributed by atoms with Gasteiger partial charge in [0.25, 0.3) is 0 Å². The summed E-state index contributed by atoms with van der Waals surface area (Å²) in [5, 5.41) is 0. The first-order valence-electron chi connectivity index (χ1n) is 3.87. The summed E-state index contributed by atoms with van der Waals surface area (Å²) in [5.74, 6) is -0.137. The summed E-state index contributed by atoms with van der Waals surface area (Å²) in [4.78, 5) is 7.35. The van der Waals surface area contributed by atoms with Gasteiger partial charge in [-0.25, -0.2) is 9.97 Å². The Morgan fingerprint density at radius 2 is 2.00 bits per heavy atom. The van der Waals surface area contributed by atoms with Crippen LogP contribution in [0.1, 0.15) is 17.2 Å². The van der Waals surface area contributed by atoms with Gasteiger partial charge in [0.2, 0.25) is 0 Å². The first-order chi connectivity index (χ1) is 6.40. The minimum absolute atomic E-state index is 0.0915. The molecule has 6 heteroatoms. The van der Waals surface area contributed by atoms with E-state index in [2.05, 4.69) is 9.97 Å². The van der Waals surface area contributed by atoms with E-state index >= 15 is 0 Å². The predicted octanol–water partition coefficient (Wildman–Crippen LogP) is 2.63. The summed E-state index contributed by atoms with van der Waals surface area (Å²) in [6.07, 6.45) is -5.39. The highest BCUT2D eigenvalue weighted by atomic mass is 35.5. The maximum Gasteiger partial charge on any atom is 0.396 e. The molecule has 0 spiro atoms. The second kappa shape index (κ2) is 4.13. The lowest BCUT2D eigenvalue weighted by atomic mass is 10.3. The zero-order valence-corrected chi connectivity index (χ0v) is 8.15. The minimum Gasteiger partial charge on any atom is -0.238 e. The van der Waals surface area contributed by atoms with Crippen molar-refractivity contribution in [2.24, 2.45) is 0 Å². The van der Waals surface area contributed by atoms with Crippen molar-refractivity contribution in [1.29, 1.82) is 0 Å². The van der Waals surface area contributed by atoms with Crippen molar-refractivity contribution in [3.8, 4) is 0 Å². The number of aromatic nitrogens is 2. The molecule has 0 N–H and O–H groups in total. The van der Waals surface area contributed by atoms with Crippen LogP contribution >= 0.6 is 11.6 Å². The van der Waals surface area contributed by atoms with Crippen LogP contribution in [0.25, 0.3) is 0 Å². The highest BCUT2D eigenvalue weighted by molar-refractivity contribution is 6.16. The number of hydrogen-bond donors (Lipinski definition) is 0. The second-order valence-electron chi connectivity index (χ2n) is 2.84. The SMILES string of the molecule is Cc1cc(CCl)nc(CC(F)(F)F)n1. The molecule has 1 aromatic rings. The van der Waals surface area contributed by atoms with Gasteiger partial charge in [-0.1, -0.05) is 0 Å². The van der Waals surface area contributed by atoms with E-state index in [-0.39, 0.29) is 11.7 Å². The number of halogens is 4. The lowest BCUT2D eigenvalue weighted by Gasteiger charge is -2.06. The molecule has 0 fully saturated rings. The van der Waals surface area contributed by atoms with Crippen LogP contribution in [0.15, 0.2) is 6.07 Å². The lowest BCUT2D eigenvalue weighted by Crippen LogP contribution is -2.15. The summed E-state index contributed by atoms with van der Waals surface area (Å²) in [6.45, 7) is 1.61. The summed E-state index contributed by atoms with van der Waals surface area (Å²) in [5.41, 5.74) is 0.910. The van der Waals surface area contributed by atoms with E-state index in [1.165, 1.54) is 0 Å². The molecule has 1 heterocycles. The molecule has 0 aliphatic rings. The van der Waals surface area contributed by atoms with E-state index < -0.39 is 12.6 Å². The van der Waals surface area contributed by atoms with Crippen LogP contribution in [0.2, 0.25) is 0 Å². The van der Waals surface area contributed by atoms with Crippen LogP contribution in [0.4, 0.5) is 13.2 Å². The van der Waals surface area contributed by atoms with Gasteiger partial charge in [0.15, 0.2) is 0 Å². The van der Waals surface area contributed by atoms with Crippen LogP contribution < -0.4 is 0 Å². The molecule has 0 radical (unpaired) electrons. The van der Waals surface area contributed by atoms with E-state index in [9.17, 15) is 13.2 Å². The Bertz CT molecular complexity index is 325. The van der Waals surface area contributed by atoms with E-state index in [1.807, 2.05) is 0 Å². The van der Waals surface area contributed by atoms with Gasteiger partial charge in [-0.3, -0.25) is 0 Å². The third-order valence-electron chi connectivity index (χ3n) is 1.45. The molecule has 0 saturated heterocycles. The van der Waals surface area contributed by atoms with Gasteiger partial charge < -0.3 is 0 Å². The average molecular weight is 225 g/mol. The summed E-state index contributed by atoms with van der Waals surface area (Å²) >= 11 is 5.47. The molecule has 0 aromatic carbocycles. The average Bonchev–Trinajstić information content (AvgIpc) is 1.99. The van der Waals surface area contributed by atoms with Crippen molar-refractivity contribution in [3.63, 3.8) is 0 Å². The number of alkyl halides is 4. The Kier molecular flexibility index (Phi) is 3.31. The standard InChI is InChI=1S/C8H8ClF3N2/c1-5-2-6(4-9)14-7(13-5)3-8(10,11)12/h2H,3-4H2,1H3. The predicted molar refractivity (Wildman–Crippen MR) is 46.1 cm³/mol. The molecule has 0 unspecified atom stereocenters. The summed E-state index contributed by atoms with van der Waals surface area (Å²) in [7, 11) is 0. The van der Waals surface area contributed by atoms with Gasteiger partial charge in [-0.05, 0) is 13.0 Å². The van der Waals surface area contributed by atoms with Crippen LogP contribution in [0.3, 0.4) is 0 Å². The molecule has 14 heavy (non-hydrogen) atoms. The molecule has 1 rings (SSSR count). The highest BCUT2D eigenvalue weighted by Crippen LogP contribution is 2.19. The highest BCUT2D eigenvalue weighted by Gasteiger charge is 2.29. The fourth-order valence-corrected chi connectivity index (χ4v) is 1.16. The fourth-order valence-electron chi connectivity index (χ4n) is 1.03. The maximum absolute atomic E-state index is 12.0. The quantitative estimate of drug-likeness (QED) is 0.722. The van der Waals surface area contributed by atoms with Gasteiger partial charge in [0.1, 0.15) is 12.2 Å². The van der Waals surface area contributed by atoms with Crippen LogP contribution in [-0.4, -0.2) is 16.1 Å². The normalized spacial score (nSPS) is 11.8. The van der Waals surface area contributed by atoms with Crippen molar-refractivity contribution in [2.75, 3.05) is 0 Å². The number of nitrogens with zero attached hydrogens (tertiary/aromatic N) is 2. The Hall–Kier alpha value is -0.840. The van der Waals surface area contributed by atoms with E-state index in [0.29, 0.717) is 11.4 Å². The molecular weight excluding hydrogens is 217 g/mol. The Labute approximate surface area is 84.1 Å². The molecule has 1 aromatic heterocycles.